The Morgan fingerprint density at radius 1 is 0.317 bits per heavy atom. The smallest absolute Gasteiger partial charge is 0.162 e. The van der Waals surface area contributed by atoms with Crippen molar-refractivity contribution in [2.24, 2.45) is 0 Å². The van der Waals surface area contributed by atoms with Gasteiger partial charge in [0.2, 0.25) is 0 Å². The molecule has 4 heterocycles. The van der Waals surface area contributed by atoms with Gasteiger partial charge in [0.15, 0.2) is 11.4 Å². The Hall–Kier alpha value is -8.15. The van der Waals surface area contributed by atoms with Gasteiger partial charge in [-0.25, -0.2) is 15.0 Å². The van der Waals surface area contributed by atoms with Crippen LogP contribution in [0.15, 0.2) is 209 Å². The average Bonchev–Trinajstić information content (AvgIpc) is 3.91. The van der Waals surface area contributed by atoms with Gasteiger partial charge in [0.25, 0.3) is 0 Å². The van der Waals surface area contributed by atoms with Gasteiger partial charge in [0.05, 0.1) is 16.9 Å². The van der Waals surface area contributed by atoms with Crippen LogP contribution in [0.2, 0.25) is 0 Å². The summed E-state index contributed by atoms with van der Waals surface area (Å²) in [7, 11) is 0. The molecule has 0 amide bonds. The van der Waals surface area contributed by atoms with Crippen molar-refractivity contribution in [3.8, 4) is 67.4 Å². The Kier molecular flexibility index (Phi) is 7.78. The summed E-state index contributed by atoms with van der Waals surface area (Å²) >= 11 is 0. The van der Waals surface area contributed by atoms with Crippen molar-refractivity contribution in [2.75, 3.05) is 0 Å². The number of rotatable bonds is 6. The van der Waals surface area contributed by atoms with Crippen LogP contribution in [0.25, 0.3) is 122 Å². The van der Waals surface area contributed by atoms with Gasteiger partial charge in [0.1, 0.15) is 22.4 Å². The molecule has 0 saturated carbocycles. The largest absolute Gasteiger partial charge is 0.456 e. The predicted octanol–water partition coefficient (Wildman–Crippen LogP) is 14.8. The molecule has 60 heavy (non-hydrogen) atoms. The van der Waals surface area contributed by atoms with Crippen LogP contribution in [0, 0.1) is 0 Å². The quantitative estimate of drug-likeness (QED) is 0.169. The van der Waals surface area contributed by atoms with E-state index in [2.05, 4.69) is 140 Å². The van der Waals surface area contributed by atoms with Gasteiger partial charge in [-0.05, 0) is 65.2 Å². The van der Waals surface area contributed by atoms with Crippen molar-refractivity contribution >= 4 is 54.8 Å². The summed E-state index contributed by atoms with van der Waals surface area (Å²) in [4.78, 5) is 16.0. The molecule has 8 aromatic carbocycles. The van der Waals surface area contributed by atoms with Gasteiger partial charge in [0, 0.05) is 54.7 Å². The first-order valence-electron chi connectivity index (χ1n) is 20.1. The minimum absolute atomic E-state index is 0.616. The van der Waals surface area contributed by atoms with E-state index >= 15 is 0 Å². The highest BCUT2D eigenvalue weighted by Crippen LogP contribution is 2.43. The summed E-state index contributed by atoms with van der Waals surface area (Å²) in [6, 6.07) is 69.0. The molecule has 280 valence electrons. The first-order valence-corrected chi connectivity index (χ1v) is 20.1. The zero-order chi connectivity index (χ0) is 39.6. The second kappa shape index (κ2) is 13.8. The molecule has 12 aromatic rings. The van der Waals surface area contributed by atoms with E-state index in [9.17, 15) is 0 Å². The highest BCUT2D eigenvalue weighted by Gasteiger charge is 2.21. The lowest BCUT2D eigenvalue weighted by molar-refractivity contribution is 0.668. The fourth-order valence-electron chi connectivity index (χ4n) is 8.61. The van der Waals surface area contributed by atoms with E-state index in [-0.39, 0.29) is 0 Å². The van der Waals surface area contributed by atoms with Crippen LogP contribution in [0.4, 0.5) is 0 Å². The number of hydrogen-bond acceptors (Lipinski definition) is 5. The lowest BCUT2D eigenvalue weighted by Crippen LogP contribution is -1.96. The van der Waals surface area contributed by atoms with Gasteiger partial charge in [-0.1, -0.05) is 152 Å². The number of aromatic nitrogens is 3. The highest BCUT2D eigenvalue weighted by molar-refractivity contribution is 6.22. The van der Waals surface area contributed by atoms with Crippen LogP contribution >= 0.6 is 0 Å². The van der Waals surface area contributed by atoms with Crippen LogP contribution in [0.3, 0.4) is 0 Å². The lowest BCUT2D eigenvalue weighted by Gasteiger charge is -2.13. The Balaban J connectivity index is 1.05. The summed E-state index contributed by atoms with van der Waals surface area (Å²) in [5.74, 6) is 0.616. The Morgan fingerprint density at radius 3 is 1.72 bits per heavy atom. The maximum absolute atomic E-state index is 6.73. The molecule has 0 N–H and O–H groups in total. The van der Waals surface area contributed by atoms with E-state index in [1.165, 1.54) is 5.56 Å². The number of pyridine rings is 1. The fourth-order valence-corrected chi connectivity index (χ4v) is 8.61. The molecule has 0 saturated heterocycles. The SMILES string of the molecule is c1ccc(-c2cccc(-c3cccc4c3nc(-c3cccc(-c5nc(-c6ccccc6)cc(-c6ccc7oc8ccccc8c7c6)n5)c3)c3oc5ccccc5c34)c2)cc1. The molecule has 0 aliphatic rings. The zero-order valence-corrected chi connectivity index (χ0v) is 32.2. The number of nitrogens with zero attached hydrogens (tertiary/aromatic N) is 3. The van der Waals surface area contributed by atoms with Gasteiger partial charge in [-0.15, -0.1) is 0 Å². The molecule has 12 rings (SSSR count). The normalized spacial score (nSPS) is 11.7. The van der Waals surface area contributed by atoms with Gasteiger partial charge < -0.3 is 8.83 Å². The molecule has 0 atom stereocenters. The van der Waals surface area contributed by atoms with Crippen LogP contribution in [0.1, 0.15) is 0 Å². The van der Waals surface area contributed by atoms with Crippen LogP contribution in [-0.4, -0.2) is 15.0 Å². The summed E-state index contributed by atoms with van der Waals surface area (Å²) in [6.07, 6.45) is 0. The van der Waals surface area contributed by atoms with Crippen molar-refractivity contribution < 1.29 is 8.83 Å². The Labute approximate surface area is 344 Å². The summed E-state index contributed by atoms with van der Waals surface area (Å²) < 4.78 is 12.9. The number of fused-ring (bicyclic) bond motifs is 8. The number of hydrogen-bond donors (Lipinski definition) is 0. The summed E-state index contributed by atoms with van der Waals surface area (Å²) in [5.41, 5.74) is 14.9. The predicted molar refractivity (Wildman–Crippen MR) is 245 cm³/mol. The number of benzene rings is 8. The third kappa shape index (κ3) is 5.67. The maximum atomic E-state index is 6.73. The summed E-state index contributed by atoms with van der Waals surface area (Å²) in [5, 5.41) is 5.27. The third-order valence-corrected chi connectivity index (χ3v) is 11.5. The molecule has 4 aromatic heterocycles. The second-order valence-electron chi connectivity index (χ2n) is 15.1. The third-order valence-electron chi connectivity index (χ3n) is 11.5. The molecule has 0 spiro atoms. The van der Waals surface area contributed by atoms with Crippen LogP contribution in [0.5, 0.6) is 0 Å². The zero-order valence-electron chi connectivity index (χ0n) is 32.2. The standard InChI is InChI=1S/C55H33N3O2/c1-3-14-34(15-4-1)36-18-11-19-37(30-36)41-24-13-25-44-51-43-23-8-10-27-49(43)60-54(51)52(58-53(41)44)39-20-12-21-40(31-39)55-56-46(35-16-5-2-6-17-35)33-47(57-55)38-28-29-50-45(32-38)42-22-7-9-26-48(42)59-50/h1-33H. The fraction of sp³-hybridized carbons (Fsp3) is 0. The molecule has 0 unspecified atom stereocenters. The van der Waals surface area contributed by atoms with Crippen molar-refractivity contribution in [1.82, 2.24) is 15.0 Å². The Morgan fingerprint density at radius 2 is 0.900 bits per heavy atom. The highest BCUT2D eigenvalue weighted by atomic mass is 16.3. The van der Waals surface area contributed by atoms with E-state index in [1.54, 1.807) is 0 Å². The molecular weight excluding hydrogens is 735 g/mol. The molecule has 0 bridgehead atoms. The first-order chi connectivity index (χ1) is 29.7. The maximum Gasteiger partial charge on any atom is 0.162 e. The monoisotopic (exact) mass is 767 g/mol. The molecule has 0 aliphatic carbocycles. The van der Waals surface area contributed by atoms with Crippen molar-refractivity contribution in [1.29, 1.82) is 0 Å². The number of para-hydroxylation sites is 3. The lowest BCUT2D eigenvalue weighted by atomic mass is 9.95. The van der Waals surface area contributed by atoms with Crippen molar-refractivity contribution in [3.63, 3.8) is 0 Å². The minimum atomic E-state index is 0.616. The molecular formula is C55H33N3O2. The van der Waals surface area contributed by atoms with Crippen LogP contribution < -0.4 is 0 Å². The molecule has 5 nitrogen and oxygen atoms in total. The molecule has 0 fully saturated rings. The number of furan rings is 2. The first kappa shape index (κ1) is 33.9. The van der Waals surface area contributed by atoms with Crippen molar-refractivity contribution in [3.05, 3.63) is 200 Å². The van der Waals surface area contributed by atoms with Gasteiger partial charge >= 0.3 is 0 Å². The van der Waals surface area contributed by atoms with E-state index in [0.29, 0.717) is 5.82 Å². The Bertz CT molecular complexity index is 3610. The average molecular weight is 768 g/mol. The molecule has 0 aliphatic heterocycles. The molecule has 5 heteroatoms. The van der Waals surface area contributed by atoms with Gasteiger partial charge in [-0.2, -0.15) is 0 Å². The van der Waals surface area contributed by atoms with E-state index in [4.69, 9.17) is 23.8 Å². The van der Waals surface area contributed by atoms with E-state index < -0.39 is 0 Å². The molecule has 0 radical (unpaired) electrons. The summed E-state index contributed by atoms with van der Waals surface area (Å²) in [6.45, 7) is 0. The van der Waals surface area contributed by atoms with Crippen LogP contribution in [-0.2, 0) is 0 Å². The van der Waals surface area contributed by atoms with E-state index in [1.807, 2.05) is 60.7 Å². The van der Waals surface area contributed by atoms with E-state index in [0.717, 1.165) is 111 Å². The minimum Gasteiger partial charge on any atom is -0.456 e. The topological polar surface area (TPSA) is 65.0 Å². The van der Waals surface area contributed by atoms with Gasteiger partial charge in [-0.3, -0.25) is 0 Å². The van der Waals surface area contributed by atoms with Crippen molar-refractivity contribution in [2.45, 2.75) is 0 Å². The second-order valence-corrected chi connectivity index (χ2v) is 15.1.